The Bertz CT molecular complexity index is 396. The van der Waals surface area contributed by atoms with Crippen molar-refractivity contribution in [2.45, 2.75) is 58.9 Å². The molecule has 2 nitrogen and oxygen atoms in total. The number of fused-ring (bicyclic) bond motifs is 1. The third-order valence-electron chi connectivity index (χ3n) is 4.08. The van der Waals surface area contributed by atoms with Crippen LogP contribution in [0.5, 0.6) is 0 Å². The van der Waals surface area contributed by atoms with Gasteiger partial charge in [0.05, 0.1) is 0 Å². The molecule has 0 spiro atoms. The third-order valence-corrected chi connectivity index (χ3v) is 4.08. The van der Waals surface area contributed by atoms with Crippen LogP contribution in [0.15, 0.2) is 12.4 Å². The second-order valence-electron chi connectivity index (χ2n) is 6.13. The van der Waals surface area contributed by atoms with Crippen molar-refractivity contribution in [3.8, 4) is 0 Å². The van der Waals surface area contributed by atoms with Crippen LogP contribution in [-0.2, 0) is 6.54 Å². The normalized spacial score (nSPS) is 20.7. The average molecular weight is 246 g/mol. The highest BCUT2D eigenvalue weighted by molar-refractivity contribution is 5.37. The molecule has 1 aliphatic heterocycles. The average Bonchev–Trinajstić information content (AvgIpc) is 2.28. The molecule has 1 N–H and O–H groups in total. The zero-order chi connectivity index (χ0) is 13.1. The van der Waals surface area contributed by atoms with E-state index in [-0.39, 0.29) is 0 Å². The fourth-order valence-corrected chi connectivity index (χ4v) is 3.07. The van der Waals surface area contributed by atoms with Crippen LogP contribution in [0.2, 0.25) is 0 Å². The number of nitrogens with zero attached hydrogens (tertiary/aromatic N) is 1. The summed E-state index contributed by atoms with van der Waals surface area (Å²) in [6.45, 7) is 11.4. The van der Waals surface area contributed by atoms with E-state index >= 15 is 0 Å². The van der Waals surface area contributed by atoms with Crippen LogP contribution in [-0.4, -0.2) is 11.5 Å². The summed E-state index contributed by atoms with van der Waals surface area (Å²) in [7, 11) is 0. The number of pyridine rings is 1. The predicted octanol–water partition coefficient (Wildman–Crippen LogP) is 3.83. The summed E-state index contributed by atoms with van der Waals surface area (Å²) in [6, 6.07) is 0. The summed E-state index contributed by atoms with van der Waals surface area (Å²) in [6.07, 6.45) is 6.72. The van der Waals surface area contributed by atoms with E-state index in [0.29, 0.717) is 17.8 Å². The molecular weight excluding hydrogens is 220 g/mol. The van der Waals surface area contributed by atoms with Crippen molar-refractivity contribution >= 4 is 0 Å². The number of rotatable bonds is 2. The van der Waals surface area contributed by atoms with Gasteiger partial charge in [-0.3, -0.25) is 4.98 Å². The highest BCUT2D eigenvalue weighted by Gasteiger charge is 2.24. The monoisotopic (exact) mass is 246 g/mol. The van der Waals surface area contributed by atoms with Gasteiger partial charge in [-0.15, -0.1) is 0 Å². The van der Waals surface area contributed by atoms with Gasteiger partial charge in [-0.1, -0.05) is 27.7 Å². The van der Waals surface area contributed by atoms with Gasteiger partial charge in [0.25, 0.3) is 0 Å². The van der Waals surface area contributed by atoms with Gasteiger partial charge in [-0.2, -0.15) is 0 Å². The minimum atomic E-state index is 0.563. The zero-order valence-corrected chi connectivity index (χ0v) is 12.2. The topological polar surface area (TPSA) is 24.9 Å². The molecule has 2 rings (SSSR count). The molecular formula is C16H26N2. The molecule has 1 unspecified atom stereocenters. The Labute approximate surface area is 111 Å². The van der Waals surface area contributed by atoms with E-state index in [4.69, 9.17) is 0 Å². The van der Waals surface area contributed by atoms with Crippen molar-refractivity contribution in [1.82, 2.24) is 10.3 Å². The van der Waals surface area contributed by atoms with Crippen LogP contribution in [0.25, 0.3) is 0 Å². The molecule has 0 bridgehead atoms. The van der Waals surface area contributed by atoms with Crippen molar-refractivity contribution in [3.05, 3.63) is 29.1 Å². The first kappa shape index (κ1) is 13.5. The van der Waals surface area contributed by atoms with Crippen molar-refractivity contribution < 1.29 is 0 Å². The van der Waals surface area contributed by atoms with Gasteiger partial charge in [-0.05, 0) is 53.8 Å². The molecule has 100 valence electrons. The van der Waals surface area contributed by atoms with E-state index < -0.39 is 0 Å². The van der Waals surface area contributed by atoms with E-state index in [1.807, 2.05) is 0 Å². The van der Waals surface area contributed by atoms with Crippen LogP contribution in [0.4, 0.5) is 0 Å². The summed E-state index contributed by atoms with van der Waals surface area (Å²) in [4.78, 5) is 4.45. The van der Waals surface area contributed by atoms with E-state index in [1.165, 1.54) is 24.0 Å². The van der Waals surface area contributed by atoms with Crippen molar-refractivity contribution in [2.24, 2.45) is 5.92 Å². The number of hydrogen-bond donors (Lipinski definition) is 1. The molecule has 0 saturated carbocycles. The maximum Gasteiger partial charge on any atom is 0.0315 e. The summed E-state index contributed by atoms with van der Waals surface area (Å²) in [5, 5.41) is 3.53. The quantitative estimate of drug-likeness (QED) is 0.858. The molecule has 1 aromatic rings. The smallest absolute Gasteiger partial charge is 0.0315 e. The molecule has 0 fully saturated rings. The van der Waals surface area contributed by atoms with Crippen LogP contribution in [0.1, 0.15) is 69.1 Å². The lowest BCUT2D eigenvalue weighted by molar-refractivity contribution is 0.427. The SMILES string of the molecule is CC(C)c1cncc2c1C(C(C)C)CCCNC2. The van der Waals surface area contributed by atoms with Crippen molar-refractivity contribution in [2.75, 3.05) is 6.54 Å². The molecule has 0 saturated heterocycles. The molecule has 0 aliphatic carbocycles. The highest BCUT2D eigenvalue weighted by atomic mass is 14.9. The summed E-state index contributed by atoms with van der Waals surface area (Å²) >= 11 is 0. The molecule has 0 aromatic carbocycles. The fraction of sp³-hybridized carbons (Fsp3) is 0.688. The van der Waals surface area contributed by atoms with E-state index in [0.717, 1.165) is 13.1 Å². The van der Waals surface area contributed by atoms with Crippen molar-refractivity contribution in [1.29, 1.82) is 0 Å². The van der Waals surface area contributed by atoms with Gasteiger partial charge < -0.3 is 5.32 Å². The summed E-state index contributed by atoms with van der Waals surface area (Å²) < 4.78 is 0. The van der Waals surface area contributed by atoms with Gasteiger partial charge >= 0.3 is 0 Å². The highest BCUT2D eigenvalue weighted by Crippen LogP contribution is 2.37. The zero-order valence-electron chi connectivity index (χ0n) is 12.2. The minimum Gasteiger partial charge on any atom is -0.313 e. The van der Waals surface area contributed by atoms with Crippen LogP contribution < -0.4 is 5.32 Å². The number of hydrogen-bond acceptors (Lipinski definition) is 2. The van der Waals surface area contributed by atoms with E-state index in [9.17, 15) is 0 Å². The molecule has 1 atom stereocenters. The Balaban J connectivity index is 2.51. The Kier molecular flexibility index (Phi) is 4.39. The largest absolute Gasteiger partial charge is 0.313 e. The number of aromatic nitrogens is 1. The summed E-state index contributed by atoms with van der Waals surface area (Å²) in [5.41, 5.74) is 4.46. The Morgan fingerprint density at radius 2 is 2.00 bits per heavy atom. The van der Waals surface area contributed by atoms with Crippen LogP contribution >= 0.6 is 0 Å². The fourth-order valence-electron chi connectivity index (χ4n) is 3.07. The Morgan fingerprint density at radius 1 is 1.22 bits per heavy atom. The first-order valence-electron chi connectivity index (χ1n) is 7.28. The molecule has 2 heteroatoms. The van der Waals surface area contributed by atoms with E-state index in [2.05, 4.69) is 50.4 Å². The van der Waals surface area contributed by atoms with Crippen LogP contribution in [0.3, 0.4) is 0 Å². The molecule has 18 heavy (non-hydrogen) atoms. The van der Waals surface area contributed by atoms with Gasteiger partial charge in [-0.25, -0.2) is 0 Å². The predicted molar refractivity (Wildman–Crippen MR) is 76.8 cm³/mol. The second kappa shape index (κ2) is 5.83. The Hall–Kier alpha value is -0.890. The van der Waals surface area contributed by atoms with E-state index in [1.54, 1.807) is 5.56 Å². The van der Waals surface area contributed by atoms with Crippen LogP contribution in [0, 0.1) is 5.92 Å². The minimum absolute atomic E-state index is 0.563. The van der Waals surface area contributed by atoms with Gasteiger partial charge in [0.2, 0.25) is 0 Å². The lowest BCUT2D eigenvalue weighted by Gasteiger charge is -2.29. The first-order chi connectivity index (χ1) is 8.61. The second-order valence-corrected chi connectivity index (χ2v) is 6.13. The molecule has 2 heterocycles. The molecule has 1 aromatic heterocycles. The first-order valence-corrected chi connectivity index (χ1v) is 7.28. The van der Waals surface area contributed by atoms with Gasteiger partial charge in [0, 0.05) is 18.9 Å². The van der Waals surface area contributed by atoms with Gasteiger partial charge in [0.1, 0.15) is 0 Å². The molecule has 0 radical (unpaired) electrons. The standard InChI is InChI=1S/C16H26N2/c1-11(2)14-6-5-7-17-8-13-9-18-10-15(12(3)4)16(13)14/h9-12,14,17H,5-8H2,1-4H3. The lowest BCUT2D eigenvalue weighted by Crippen LogP contribution is -2.24. The van der Waals surface area contributed by atoms with Gasteiger partial charge in [0.15, 0.2) is 0 Å². The summed E-state index contributed by atoms with van der Waals surface area (Å²) in [5.74, 6) is 1.97. The Morgan fingerprint density at radius 3 is 2.67 bits per heavy atom. The molecule has 0 amide bonds. The third kappa shape index (κ3) is 2.74. The molecule has 1 aliphatic rings. The maximum atomic E-state index is 4.45. The number of nitrogens with one attached hydrogen (secondary N) is 1. The van der Waals surface area contributed by atoms with Crippen molar-refractivity contribution in [3.63, 3.8) is 0 Å². The lowest BCUT2D eigenvalue weighted by atomic mass is 9.78. The maximum absolute atomic E-state index is 4.45.